The largest absolute Gasteiger partial charge is 0.374 e. The van der Waals surface area contributed by atoms with Crippen molar-refractivity contribution >= 4 is 51.1 Å². The van der Waals surface area contributed by atoms with Crippen molar-refractivity contribution < 1.29 is 18.4 Å². The van der Waals surface area contributed by atoms with Gasteiger partial charge in [-0.1, -0.05) is 6.07 Å². The number of nitrogens with two attached hydrogens (primary N) is 1. The summed E-state index contributed by atoms with van der Waals surface area (Å²) in [7, 11) is 0. The fourth-order valence-electron chi connectivity index (χ4n) is 4.41. The Kier molecular flexibility index (Phi) is 8.11. The SMILES string of the molecule is Cc1nc2ccc(CN3CCN(c4ccc(C(=O)NCCC(=O)Nc5nsc(N)n5)nc4F)CC3)c(F)c2[nH]c1=O. The van der Waals surface area contributed by atoms with Crippen molar-refractivity contribution in [2.45, 2.75) is 19.9 Å². The van der Waals surface area contributed by atoms with E-state index in [1.165, 1.54) is 12.1 Å². The number of amides is 2. The summed E-state index contributed by atoms with van der Waals surface area (Å²) >= 11 is 0.944. The predicted molar refractivity (Wildman–Crippen MR) is 149 cm³/mol. The molecule has 5 N–H and O–H groups in total. The number of nitrogens with one attached hydrogen (secondary N) is 3. The van der Waals surface area contributed by atoms with E-state index in [-0.39, 0.29) is 46.6 Å². The summed E-state index contributed by atoms with van der Waals surface area (Å²) in [4.78, 5) is 54.4. The molecule has 4 aromatic rings. The summed E-state index contributed by atoms with van der Waals surface area (Å²) in [5.41, 5.74) is 6.33. The molecule has 1 aliphatic heterocycles. The minimum absolute atomic E-state index is 0.00132. The van der Waals surface area contributed by atoms with E-state index in [4.69, 9.17) is 5.73 Å². The number of halogens is 2. The first-order chi connectivity index (χ1) is 19.7. The van der Waals surface area contributed by atoms with Crippen LogP contribution in [0.4, 0.5) is 25.5 Å². The van der Waals surface area contributed by atoms with Crippen LogP contribution in [0.2, 0.25) is 0 Å². The minimum Gasteiger partial charge on any atom is -0.374 e. The number of aromatic nitrogens is 5. The Balaban J connectivity index is 1.12. The van der Waals surface area contributed by atoms with Crippen molar-refractivity contribution in [1.29, 1.82) is 0 Å². The summed E-state index contributed by atoms with van der Waals surface area (Å²) in [5.74, 6) is -2.24. The van der Waals surface area contributed by atoms with Crippen molar-refractivity contribution in [1.82, 2.24) is 34.5 Å². The van der Waals surface area contributed by atoms with E-state index in [1.807, 2.05) is 9.80 Å². The number of rotatable bonds is 8. The molecule has 0 unspecified atom stereocenters. The summed E-state index contributed by atoms with van der Waals surface area (Å²) in [6, 6.07) is 6.25. The zero-order valence-electron chi connectivity index (χ0n) is 21.9. The summed E-state index contributed by atoms with van der Waals surface area (Å²) < 4.78 is 33.8. The molecular formula is C25H26F2N10O3S. The molecule has 1 fully saturated rings. The van der Waals surface area contributed by atoms with Crippen LogP contribution in [-0.4, -0.2) is 73.7 Å². The molecule has 13 nitrogen and oxygen atoms in total. The minimum atomic E-state index is -0.789. The van der Waals surface area contributed by atoms with Crippen LogP contribution in [-0.2, 0) is 11.3 Å². The molecule has 0 bridgehead atoms. The lowest BCUT2D eigenvalue weighted by Crippen LogP contribution is -2.46. The van der Waals surface area contributed by atoms with Gasteiger partial charge in [-0.15, -0.1) is 0 Å². The lowest BCUT2D eigenvalue weighted by Gasteiger charge is -2.36. The monoisotopic (exact) mass is 584 g/mol. The molecule has 0 spiro atoms. The number of aromatic amines is 1. The molecule has 1 aromatic carbocycles. The second-order valence-corrected chi connectivity index (χ2v) is 10.1. The summed E-state index contributed by atoms with van der Waals surface area (Å²) in [6.45, 7) is 3.88. The van der Waals surface area contributed by atoms with Gasteiger partial charge in [0.2, 0.25) is 22.9 Å². The van der Waals surface area contributed by atoms with E-state index in [1.54, 1.807) is 19.1 Å². The number of piperazine rings is 1. The number of carbonyl (C=O) groups is 2. The molecule has 5 rings (SSSR count). The standard InChI is InChI=1S/C25H26F2N10O3S/c1-13-22(39)33-20-15(30-13)3-2-14(19(20)26)12-36-8-10-37(11-9-36)17-5-4-16(31-21(17)27)23(40)29-7-6-18(38)32-25-34-24(28)41-35-25/h2-5H,6-12H2,1H3,(H,29,40)(H,33,39)(H3,28,32,34,35,38). The topological polar surface area (TPSA) is 175 Å². The molecule has 1 aliphatic rings. The number of carbonyl (C=O) groups excluding carboxylic acids is 2. The van der Waals surface area contributed by atoms with Crippen LogP contribution in [0.15, 0.2) is 29.1 Å². The second kappa shape index (κ2) is 11.9. The van der Waals surface area contributed by atoms with Gasteiger partial charge in [0.05, 0.1) is 11.2 Å². The number of nitrogen functional groups attached to an aromatic ring is 1. The third kappa shape index (κ3) is 6.44. The number of anilines is 3. The van der Waals surface area contributed by atoms with Gasteiger partial charge in [-0.3, -0.25) is 24.6 Å². The fraction of sp³-hybridized carbons (Fsp3) is 0.320. The third-order valence-electron chi connectivity index (χ3n) is 6.55. The molecule has 3 aromatic heterocycles. The smallest absolute Gasteiger partial charge is 0.270 e. The quantitative estimate of drug-likeness (QED) is 0.222. The van der Waals surface area contributed by atoms with Gasteiger partial charge in [0, 0.05) is 62.8 Å². The Morgan fingerprint density at radius 3 is 2.59 bits per heavy atom. The van der Waals surface area contributed by atoms with E-state index in [2.05, 4.69) is 34.9 Å². The van der Waals surface area contributed by atoms with E-state index in [9.17, 15) is 18.8 Å². The van der Waals surface area contributed by atoms with Gasteiger partial charge in [0.15, 0.2) is 5.82 Å². The predicted octanol–water partition coefficient (Wildman–Crippen LogP) is 1.42. The van der Waals surface area contributed by atoms with Crippen LogP contribution in [0, 0.1) is 18.7 Å². The van der Waals surface area contributed by atoms with Gasteiger partial charge >= 0.3 is 0 Å². The summed E-state index contributed by atoms with van der Waals surface area (Å²) in [6.07, 6.45) is -0.0483. The molecule has 2 amide bonds. The highest BCUT2D eigenvalue weighted by Crippen LogP contribution is 2.23. The van der Waals surface area contributed by atoms with Crippen LogP contribution in [0.1, 0.15) is 28.2 Å². The number of H-pyrrole nitrogens is 1. The van der Waals surface area contributed by atoms with Crippen molar-refractivity contribution in [3.05, 3.63) is 63.3 Å². The Hall–Kier alpha value is -4.57. The van der Waals surface area contributed by atoms with Gasteiger partial charge in [-0.05, 0) is 25.1 Å². The van der Waals surface area contributed by atoms with Crippen LogP contribution < -0.4 is 26.8 Å². The first-order valence-electron chi connectivity index (χ1n) is 12.7. The van der Waals surface area contributed by atoms with Gasteiger partial charge in [0.25, 0.3) is 11.5 Å². The van der Waals surface area contributed by atoms with Crippen molar-refractivity contribution in [2.75, 3.05) is 48.7 Å². The van der Waals surface area contributed by atoms with Crippen molar-refractivity contribution in [3.8, 4) is 0 Å². The third-order valence-corrected chi connectivity index (χ3v) is 7.10. The Bertz CT molecular complexity index is 1670. The zero-order valence-corrected chi connectivity index (χ0v) is 22.7. The Morgan fingerprint density at radius 1 is 1.10 bits per heavy atom. The molecule has 0 atom stereocenters. The normalized spacial score (nSPS) is 13.9. The number of fused-ring (bicyclic) bond motifs is 1. The summed E-state index contributed by atoms with van der Waals surface area (Å²) in [5, 5.41) is 5.21. The van der Waals surface area contributed by atoms with Gasteiger partial charge in [0.1, 0.15) is 16.9 Å². The van der Waals surface area contributed by atoms with E-state index >= 15 is 4.39 Å². The number of benzene rings is 1. The number of hydrogen-bond donors (Lipinski definition) is 4. The molecule has 41 heavy (non-hydrogen) atoms. The average Bonchev–Trinajstić information content (AvgIpc) is 3.36. The van der Waals surface area contributed by atoms with E-state index < -0.39 is 29.1 Å². The molecule has 0 radical (unpaired) electrons. The highest BCUT2D eigenvalue weighted by Gasteiger charge is 2.23. The highest BCUT2D eigenvalue weighted by atomic mass is 32.1. The Morgan fingerprint density at radius 2 is 1.88 bits per heavy atom. The highest BCUT2D eigenvalue weighted by molar-refractivity contribution is 7.09. The molecule has 0 saturated carbocycles. The van der Waals surface area contributed by atoms with Crippen LogP contribution in [0.3, 0.4) is 0 Å². The van der Waals surface area contributed by atoms with Crippen LogP contribution >= 0.6 is 11.5 Å². The number of hydrogen-bond acceptors (Lipinski definition) is 11. The lowest BCUT2D eigenvalue weighted by atomic mass is 10.1. The first kappa shape index (κ1) is 28.0. The second-order valence-electron chi connectivity index (χ2n) is 9.36. The molecule has 16 heteroatoms. The lowest BCUT2D eigenvalue weighted by molar-refractivity contribution is -0.116. The first-order valence-corrected chi connectivity index (χ1v) is 13.4. The van der Waals surface area contributed by atoms with Crippen molar-refractivity contribution in [3.63, 3.8) is 0 Å². The number of pyridine rings is 1. The van der Waals surface area contributed by atoms with Crippen molar-refractivity contribution in [2.24, 2.45) is 0 Å². The van der Waals surface area contributed by atoms with Crippen LogP contribution in [0.25, 0.3) is 11.0 Å². The Labute approximate surface area is 236 Å². The molecule has 0 aliphatic carbocycles. The number of aryl methyl sites for hydroxylation is 1. The number of nitrogens with zero attached hydrogens (tertiary/aromatic N) is 6. The van der Waals surface area contributed by atoms with Gasteiger partial charge in [-0.2, -0.15) is 13.7 Å². The van der Waals surface area contributed by atoms with Gasteiger partial charge < -0.3 is 20.9 Å². The molecule has 1 saturated heterocycles. The maximum atomic E-state index is 15.1. The average molecular weight is 585 g/mol. The van der Waals surface area contributed by atoms with E-state index in [0.717, 1.165) is 11.5 Å². The molecular weight excluding hydrogens is 558 g/mol. The fourth-order valence-corrected chi connectivity index (χ4v) is 4.80. The molecule has 214 valence electrons. The van der Waals surface area contributed by atoms with E-state index in [0.29, 0.717) is 43.8 Å². The molecule has 4 heterocycles. The maximum absolute atomic E-state index is 15.1. The zero-order chi connectivity index (χ0) is 29.1. The van der Waals surface area contributed by atoms with Gasteiger partial charge in [-0.25, -0.2) is 14.4 Å². The van der Waals surface area contributed by atoms with Crippen LogP contribution in [0.5, 0.6) is 0 Å². The maximum Gasteiger partial charge on any atom is 0.270 e.